The predicted octanol–water partition coefficient (Wildman–Crippen LogP) is 3.48. The van der Waals surface area contributed by atoms with Gasteiger partial charge in [-0.15, -0.1) is 0 Å². The van der Waals surface area contributed by atoms with Crippen molar-refractivity contribution < 1.29 is 4.79 Å². The zero-order valence-electron chi connectivity index (χ0n) is 9.38. The molecule has 0 spiro atoms. The van der Waals surface area contributed by atoms with E-state index in [1.54, 1.807) is 17.0 Å². The number of nitrogen functional groups attached to an aromatic ring is 1. The Labute approximate surface area is 110 Å². The minimum atomic E-state index is 0.103. The van der Waals surface area contributed by atoms with Gasteiger partial charge in [0.05, 0.1) is 21.4 Å². The number of hydrogen-bond donors (Lipinski definition) is 1. The van der Waals surface area contributed by atoms with Crippen LogP contribution in [0.1, 0.15) is 25.7 Å². The first-order chi connectivity index (χ1) is 8.09. The maximum atomic E-state index is 12.0. The molecule has 1 aromatic rings. The molecule has 1 aromatic carbocycles. The summed E-state index contributed by atoms with van der Waals surface area (Å²) >= 11 is 12.0. The van der Waals surface area contributed by atoms with Gasteiger partial charge in [0, 0.05) is 13.0 Å². The highest BCUT2D eigenvalue weighted by Gasteiger charge is 2.21. The molecule has 17 heavy (non-hydrogen) atoms. The highest BCUT2D eigenvalue weighted by Crippen LogP contribution is 2.34. The second-order valence-corrected chi connectivity index (χ2v) is 5.00. The molecule has 1 aliphatic rings. The standard InChI is InChI=1S/C12H14Cl2N2O/c13-8-6-9(14)11(7-10(8)15)16-5-3-1-2-4-12(16)17/h6-7H,1-5,15H2. The monoisotopic (exact) mass is 272 g/mol. The quantitative estimate of drug-likeness (QED) is 0.796. The summed E-state index contributed by atoms with van der Waals surface area (Å²) in [7, 11) is 0. The first kappa shape index (κ1) is 12.5. The number of carbonyl (C=O) groups is 1. The van der Waals surface area contributed by atoms with Gasteiger partial charge in [0.25, 0.3) is 0 Å². The van der Waals surface area contributed by atoms with Gasteiger partial charge in [-0.05, 0) is 25.0 Å². The summed E-state index contributed by atoms with van der Waals surface area (Å²) in [5, 5.41) is 0.889. The molecule has 0 aliphatic carbocycles. The minimum absolute atomic E-state index is 0.103. The van der Waals surface area contributed by atoms with E-state index in [0.717, 1.165) is 19.3 Å². The van der Waals surface area contributed by atoms with Gasteiger partial charge in [-0.2, -0.15) is 0 Å². The molecule has 0 unspecified atom stereocenters. The first-order valence-corrected chi connectivity index (χ1v) is 6.40. The Kier molecular flexibility index (Phi) is 3.79. The lowest BCUT2D eigenvalue weighted by Crippen LogP contribution is -2.30. The summed E-state index contributed by atoms with van der Waals surface area (Å²) in [6.07, 6.45) is 3.57. The topological polar surface area (TPSA) is 46.3 Å². The second-order valence-electron chi connectivity index (χ2n) is 4.18. The number of carbonyl (C=O) groups excluding carboxylic acids is 1. The smallest absolute Gasteiger partial charge is 0.227 e. The van der Waals surface area contributed by atoms with Crippen LogP contribution in [0.25, 0.3) is 0 Å². The molecule has 0 radical (unpaired) electrons. The van der Waals surface area contributed by atoms with Crippen molar-refractivity contribution in [1.82, 2.24) is 0 Å². The molecule has 0 aromatic heterocycles. The maximum absolute atomic E-state index is 12.0. The lowest BCUT2D eigenvalue weighted by molar-refractivity contribution is -0.118. The van der Waals surface area contributed by atoms with Crippen molar-refractivity contribution in [2.45, 2.75) is 25.7 Å². The molecule has 1 amide bonds. The van der Waals surface area contributed by atoms with Crippen LogP contribution in [-0.4, -0.2) is 12.5 Å². The van der Waals surface area contributed by atoms with Gasteiger partial charge in [0.2, 0.25) is 5.91 Å². The number of halogens is 2. The van der Waals surface area contributed by atoms with Gasteiger partial charge in [0.15, 0.2) is 0 Å². The number of anilines is 2. The molecule has 92 valence electrons. The van der Waals surface area contributed by atoms with Crippen molar-refractivity contribution in [3.05, 3.63) is 22.2 Å². The Morgan fingerprint density at radius 3 is 2.65 bits per heavy atom. The van der Waals surface area contributed by atoms with Crippen molar-refractivity contribution in [3.63, 3.8) is 0 Å². The molecule has 1 heterocycles. The minimum Gasteiger partial charge on any atom is -0.397 e. The van der Waals surface area contributed by atoms with E-state index in [4.69, 9.17) is 28.9 Å². The summed E-state index contributed by atoms with van der Waals surface area (Å²) < 4.78 is 0. The number of amides is 1. The van der Waals surface area contributed by atoms with Crippen LogP contribution in [0.4, 0.5) is 11.4 Å². The molecule has 5 heteroatoms. The zero-order chi connectivity index (χ0) is 12.4. The van der Waals surface area contributed by atoms with Crippen LogP contribution in [0.3, 0.4) is 0 Å². The molecule has 1 aliphatic heterocycles. The molecular weight excluding hydrogens is 259 g/mol. The lowest BCUT2D eigenvalue weighted by atomic mass is 10.2. The SMILES string of the molecule is Nc1cc(N2CCCCCC2=O)c(Cl)cc1Cl. The van der Waals surface area contributed by atoms with E-state index in [-0.39, 0.29) is 5.91 Å². The van der Waals surface area contributed by atoms with E-state index >= 15 is 0 Å². The third-order valence-electron chi connectivity index (χ3n) is 2.93. The van der Waals surface area contributed by atoms with Crippen LogP contribution in [0.2, 0.25) is 10.0 Å². The number of nitrogens with two attached hydrogens (primary N) is 1. The van der Waals surface area contributed by atoms with Crippen molar-refractivity contribution in [2.75, 3.05) is 17.2 Å². The van der Waals surface area contributed by atoms with E-state index in [1.807, 2.05) is 0 Å². The largest absolute Gasteiger partial charge is 0.397 e. The van der Waals surface area contributed by atoms with Crippen LogP contribution in [0, 0.1) is 0 Å². The molecule has 1 saturated heterocycles. The normalized spacial score (nSPS) is 17.1. The molecule has 1 fully saturated rings. The molecular formula is C12H14Cl2N2O. The molecule has 0 atom stereocenters. The van der Waals surface area contributed by atoms with Crippen molar-refractivity contribution >= 4 is 40.5 Å². The van der Waals surface area contributed by atoms with Gasteiger partial charge in [-0.1, -0.05) is 29.6 Å². The highest BCUT2D eigenvalue weighted by molar-refractivity contribution is 6.38. The van der Waals surface area contributed by atoms with E-state index in [1.165, 1.54) is 0 Å². The van der Waals surface area contributed by atoms with Gasteiger partial charge >= 0.3 is 0 Å². The summed E-state index contributed by atoms with van der Waals surface area (Å²) in [6, 6.07) is 3.26. The van der Waals surface area contributed by atoms with Gasteiger partial charge in [-0.3, -0.25) is 4.79 Å². The number of benzene rings is 1. The Balaban J connectivity index is 2.37. The molecule has 2 rings (SSSR count). The Hall–Kier alpha value is -0.930. The van der Waals surface area contributed by atoms with Gasteiger partial charge in [0.1, 0.15) is 0 Å². The fourth-order valence-electron chi connectivity index (χ4n) is 2.00. The Morgan fingerprint density at radius 2 is 1.88 bits per heavy atom. The van der Waals surface area contributed by atoms with Crippen LogP contribution in [0.5, 0.6) is 0 Å². The van der Waals surface area contributed by atoms with E-state index in [2.05, 4.69) is 0 Å². The molecule has 0 bridgehead atoms. The van der Waals surface area contributed by atoms with Crippen LogP contribution in [-0.2, 0) is 4.79 Å². The molecule has 0 saturated carbocycles. The Bertz CT molecular complexity index is 448. The van der Waals surface area contributed by atoms with Crippen LogP contribution < -0.4 is 10.6 Å². The molecule has 2 N–H and O–H groups in total. The fraction of sp³-hybridized carbons (Fsp3) is 0.417. The predicted molar refractivity (Wildman–Crippen MR) is 71.7 cm³/mol. The number of hydrogen-bond acceptors (Lipinski definition) is 2. The summed E-state index contributed by atoms with van der Waals surface area (Å²) in [5.74, 6) is 0.103. The van der Waals surface area contributed by atoms with Crippen molar-refractivity contribution in [2.24, 2.45) is 0 Å². The van der Waals surface area contributed by atoms with E-state index in [0.29, 0.717) is 34.4 Å². The van der Waals surface area contributed by atoms with E-state index in [9.17, 15) is 4.79 Å². The summed E-state index contributed by atoms with van der Waals surface area (Å²) in [5.41, 5.74) is 6.87. The third-order valence-corrected chi connectivity index (χ3v) is 3.56. The first-order valence-electron chi connectivity index (χ1n) is 5.64. The molecule has 3 nitrogen and oxygen atoms in total. The lowest BCUT2D eigenvalue weighted by Gasteiger charge is -2.22. The fourth-order valence-corrected chi connectivity index (χ4v) is 2.48. The van der Waals surface area contributed by atoms with Crippen LogP contribution >= 0.6 is 23.2 Å². The van der Waals surface area contributed by atoms with E-state index < -0.39 is 0 Å². The van der Waals surface area contributed by atoms with Gasteiger partial charge in [-0.25, -0.2) is 0 Å². The van der Waals surface area contributed by atoms with Crippen molar-refractivity contribution in [3.8, 4) is 0 Å². The van der Waals surface area contributed by atoms with Crippen LogP contribution in [0.15, 0.2) is 12.1 Å². The summed E-state index contributed by atoms with van der Waals surface area (Å²) in [4.78, 5) is 13.7. The maximum Gasteiger partial charge on any atom is 0.227 e. The Morgan fingerprint density at radius 1 is 1.12 bits per heavy atom. The average molecular weight is 273 g/mol. The van der Waals surface area contributed by atoms with Crippen molar-refractivity contribution in [1.29, 1.82) is 0 Å². The third kappa shape index (κ3) is 2.67. The number of nitrogens with zero attached hydrogens (tertiary/aromatic N) is 1. The summed E-state index contributed by atoms with van der Waals surface area (Å²) in [6.45, 7) is 0.694. The second kappa shape index (κ2) is 5.15. The van der Waals surface area contributed by atoms with Gasteiger partial charge < -0.3 is 10.6 Å². The zero-order valence-corrected chi connectivity index (χ0v) is 10.9. The average Bonchev–Trinajstić information content (AvgIpc) is 2.49. The number of rotatable bonds is 1. The highest BCUT2D eigenvalue weighted by atomic mass is 35.5.